The lowest BCUT2D eigenvalue weighted by Gasteiger charge is -2.33. The van der Waals surface area contributed by atoms with Crippen LogP contribution < -0.4 is 0 Å². The molecule has 0 bridgehead atoms. The van der Waals surface area contributed by atoms with Crippen LogP contribution in [0.2, 0.25) is 0 Å². The summed E-state index contributed by atoms with van der Waals surface area (Å²) >= 11 is 0. The number of piperazine rings is 1. The Kier molecular flexibility index (Phi) is 12.2. The largest absolute Gasteiger partial charge is 0.467 e. The molecule has 1 unspecified atom stereocenters. The molecule has 0 spiro atoms. The van der Waals surface area contributed by atoms with Gasteiger partial charge >= 0.3 is 0 Å². The molecule has 1 aromatic rings. The number of nitrogens with zero attached hydrogens (tertiary/aromatic N) is 3. The van der Waals surface area contributed by atoms with Crippen LogP contribution in [-0.4, -0.2) is 77.5 Å². The zero-order valence-corrected chi connectivity index (χ0v) is 19.9. The number of benzene rings is 1. The first kappa shape index (κ1) is 26.5. The molecular weight excluding hydrogens is 426 g/mol. The van der Waals surface area contributed by atoms with E-state index in [1.807, 2.05) is 0 Å². The predicted octanol–water partition coefficient (Wildman–Crippen LogP) is 3.19. The molecule has 0 aliphatic carbocycles. The lowest BCUT2D eigenvalue weighted by molar-refractivity contribution is -0.384. The van der Waals surface area contributed by atoms with Gasteiger partial charge in [-0.2, -0.15) is 0 Å². The highest BCUT2D eigenvalue weighted by Gasteiger charge is 2.16. The minimum Gasteiger partial charge on any atom is -0.467 e. The first-order valence-electron chi connectivity index (χ1n) is 9.88. The lowest BCUT2D eigenvalue weighted by Crippen LogP contribution is -2.45. The lowest BCUT2D eigenvalue weighted by atomic mass is 9.92. The first-order valence-corrected chi connectivity index (χ1v) is 12.5. The van der Waals surface area contributed by atoms with E-state index in [9.17, 15) is 19.1 Å². The molecule has 30 heavy (non-hydrogen) atoms. The summed E-state index contributed by atoms with van der Waals surface area (Å²) in [6.07, 6.45) is 1.32. The van der Waals surface area contributed by atoms with E-state index in [0.29, 0.717) is 22.5 Å². The number of likely N-dealkylation sites (N-methyl/N-ethyl adjacent to an activating group) is 1. The molecule has 1 saturated heterocycles. The van der Waals surface area contributed by atoms with Gasteiger partial charge in [0.15, 0.2) is 0 Å². The van der Waals surface area contributed by atoms with Gasteiger partial charge < -0.3 is 14.5 Å². The van der Waals surface area contributed by atoms with Crippen LogP contribution in [0.4, 0.5) is 5.69 Å². The van der Waals surface area contributed by atoms with Crippen molar-refractivity contribution >= 4 is 32.8 Å². The number of nitro groups is 1. The van der Waals surface area contributed by atoms with Crippen LogP contribution in [0, 0.1) is 15.5 Å². The highest BCUT2D eigenvalue weighted by Crippen LogP contribution is 2.21. The highest BCUT2D eigenvalue weighted by atomic mass is 33.1. The maximum Gasteiger partial charge on any atom is 0.293 e. The maximum absolute atomic E-state index is 11.6. The molecular formula is C20H33N3O5S2. The van der Waals surface area contributed by atoms with Crippen LogP contribution >= 0.6 is 10.8 Å². The number of non-ortho nitro benzene ring substituents is 1. The number of hydrogen-bond donors (Lipinski definition) is 0. The zero-order chi connectivity index (χ0) is 22.6. The molecule has 1 heterocycles. The standard InChI is InChI=1S/C11H24N2.C9H9NO5S2/c1-11(2,3)5-6-13-9-7-12(4)8-10-13;11-7-15-5-6-16-17(14)9-3-1-8(2-4-9)10(12)13/h5-10H2,1-4H3;1-4,7H,5-6H2. The third kappa shape index (κ3) is 11.6. The quantitative estimate of drug-likeness (QED) is 0.183. The summed E-state index contributed by atoms with van der Waals surface area (Å²) in [5.74, 6) is 0.405. The average Bonchev–Trinajstić information content (AvgIpc) is 2.70. The van der Waals surface area contributed by atoms with Crippen LogP contribution in [0.3, 0.4) is 0 Å². The summed E-state index contributed by atoms with van der Waals surface area (Å²) in [6.45, 7) is 13.8. The summed E-state index contributed by atoms with van der Waals surface area (Å²) in [5.41, 5.74) is 0.448. The third-order valence-corrected chi connectivity index (χ3v) is 7.40. The maximum atomic E-state index is 11.6. The Morgan fingerprint density at radius 1 is 1.20 bits per heavy atom. The zero-order valence-electron chi connectivity index (χ0n) is 18.2. The fraction of sp³-hybridized carbons (Fsp3) is 0.650. The summed E-state index contributed by atoms with van der Waals surface area (Å²) < 4.78 is 16.1. The molecule has 0 N–H and O–H groups in total. The Labute approximate surface area is 185 Å². The number of carbonyl (C=O) groups excluding carboxylic acids is 1. The van der Waals surface area contributed by atoms with Gasteiger partial charge in [0.25, 0.3) is 12.2 Å². The molecule has 0 amide bonds. The summed E-state index contributed by atoms with van der Waals surface area (Å²) in [5, 5.41) is 10.4. The Morgan fingerprint density at radius 3 is 2.30 bits per heavy atom. The van der Waals surface area contributed by atoms with Crippen molar-refractivity contribution in [1.82, 2.24) is 9.80 Å². The van der Waals surface area contributed by atoms with Crippen molar-refractivity contribution < 1.29 is 18.7 Å². The average molecular weight is 460 g/mol. The van der Waals surface area contributed by atoms with Gasteiger partial charge in [0.05, 0.1) is 9.82 Å². The summed E-state index contributed by atoms with van der Waals surface area (Å²) in [7, 11) is 2.00. The van der Waals surface area contributed by atoms with E-state index >= 15 is 0 Å². The minimum atomic E-state index is -1.31. The van der Waals surface area contributed by atoms with Crippen molar-refractivity contribution in [3.05, 3.63) is 34.4 Å². The van der Waals surface area contributed by atoms with Crippen molar-refractivity contribution in [2.45, 2.75) is 32.1 Å². The molecule has 1 atom stereocenters. The first-order chi connectivity index (χ1) is 14.1. The fourth-order valence-electron chi connectivity index (χ4n) is 2.52. The van der Waals surface area contributed by atoms with Gasteiger partial charge in [-0.25, -0.2) is 4.21 Å². The monoisotopic (exact) mass is 459 g/mol. The van der Waals surface area contributed by atoms with Crippen LogP contribution in [0.25, 0.3) is 0 Å². The Balaban J connectivity index is 0.000000311. The summed E-state index contributed by atoms with van der Waals surface area (Å²) in [4.78, 5) is 25.2. The van der Waals surface area contributed by atoms with Crippen LogP contribution in [0.1, 0.15) is 27.2 Å². The fourth-order valence-corrected chi connectivity index (χ4v) is 4.73. The Bertz CT molecular complexity index is 672. The van der Waals surface area contributed by atoms with E-state index in [2.05, 4.69) is 42.4 Å². The molecule has 0 radical (unpaired) electrons. The van der Waals surface area contributed by atoms with Crippen molar-refractivity contribution in [2.24, 2.45) is 5.41 Å². The second kappa shape index (κ2) is 13.7. The number of hydrogen-bond acceptors (Lipinski definition) is 8. The van der Waals surface area contributed by atoms with Gasteiger partial charge in [0.1, 0.15) is 16.4 Å². The van der Waals surface area contributed by atoms with E-state index in [4.69, 9.17) is 0 Å². The van der Waals surface area contributed by atoms with Gasteiger partial charge in [0, 0.05) is 44.1 Å². The van der Waals surface area contributed by atoms with E-state index < -0.39 is 14.8 Å². The number of ether oxygens (including phenoxy) is 1. The molecule has 8 nitrogen and oxygen atoms in total. The van der Waals surface area contributed by atoms with Crippen LogP contribution in [0.5, 0.6) is 0 Å². The van der Waals surface area contributed by atoms with Gasteiger partial charge in [-0.05, 0) is 37.6 Å². The van der Waals surface area contributed by atoms with Gasteiger partial charge in [-0.15, -0.1) is 0 Å². The summed E-state index contributed by atoms with van der Waals surface area (Å²) in [6, 6.07) is 5.50. The number of carbonyl (C=O) groups is 1. The molecule has 1 aliphatic heterocycles. The van der Waals surface area contributed by atoms with Crippen LogP contribution in [0.15, 0.2) is 29.2 Å². The molecule has 170 valence electrons. The Hall–Kier alpha value is -1.49. The molecule has 1 fully saturated rings. The number of nitro benzene ring substituents is 1. The second-order valence-corrected chi connectivity index (χ2v) is 11.4. The molecule has 1 aliphatic rings. The predicted molar refractivity (Wildman–Crippen MR) is 122 cm³/mol. The molecule has 2 rings (SSSR count). The molecule has 1 aromatic carbocycles. The molecule has 0 aromatic heterocycles. The van der Waals surface area contributed by atoms with E-state index in [-0.39, 0.29) is 12.3 Å². The second-order valence-electron chi connectivity index (χ2n) is 8.23. The van der Waals surface area contributed by atoms with Crippen molar-refractivity contribution in [1.29, 1.82) is 0 Å². The van der Waals surface area contributed by atoms with E-state index in [0.717, 1.165) is 10.8 Å². The van der Waals surface area contributed by atoms with Crippen molar-refractivity contribution in [2.75, 3.05) is 52.1 Å². The van der Waals surface area contributed by atoms with E-state index in [1.54, 1.807) is 0 Å². The van der Waals surface area contributed by atoms with E-state index in [1.165, 1.54) is 63.4 Å². The third-order valence-electron chi connectivity index (χ3n) is 4.47. The molecule has 10 heteroatoms. The normalized spacial score (nSPS) is 16.3. The van der Waals surface area contributed by atoms with Gasteiger partial charge in [0.2, 0.25) is 0 Å². The van der Waals surface area contributed by atoms with Crippen molar-refractivity contribution in [3.8, 4) is 0 Å². The van der Waals surface area contributed by atoms with Gasteiger partial charge in [-0.1, -0.05) is 31.6 Å². The minimum absolute atomic E-state index is 0.0416. The van der Waals surface area contributed by atoms with Crippen LogP contribution in [-0.2, 0) is 19.4 Å². The topological polar surface area (TPSA) is 93.0 Å². The van der Waals surface area contributed by atoms with Gasteiger partial charge in [-0.3, -0.25) is 14.9 Å². The smallest absolute Gasteiger partial charge is 0.293 e. The molecule has 0 saturated carbocycles. The van der Waals surface area contributed by atoms with Crippen molar-refractivity contribution in [3.63, 3.8) is 0 Å². The highest BCUT2D eigenvalue weighted by molar-refractivity contribution is 8.69. The Morgan fingerprint density at radius 2 is 1.80 bits per heavy atom. The SMILES string of the molecule is CN1CCN(CCC(C)(C)C)CC1.O=COCCSS(=O)c1ccc([N+](=O)[O-])cc1. The number of rotatable bonds is 9.